The molecule has 2 amide bonds. The smallest absolute Gasteiger partial charge is 0.265 e. The molecule has 0 radical (unpaired) electrons. The maximum absolute atomic E-state index is 15.0. The Morgan fingerprint density at radius 1 is 0.833 bits per heavy atom. The standard InChI is InChI=1S/C45H48Cl2N8O5/c1-6-8-9-13-17-34(41-48-22-14-23-49-41)55-42(50-26-32(45(55)58)30-15-11-10-12-16-30)38(54-27-51-39(46)40(54)47)44(57)53-33-25-31(19-21-37(33)59-5)52-43(56)35(7-2)60-36-20-18-28(3)24-29(36)4/h10-12,14-16,18-27,34-35,38H,6-9,13,17H2,1-5H3,(H,52,56)(H,53,57). The Morgan fingerprint density at radius 3 is 2.25 bits per heavy atom. The lowest BCUT2D eigenvalue weighted by molar-refractivity contribution is -0.123. The summed E-state index contributed by atoms with van der Waals surface area (Å²) in [7, 11) is 1.46. The first-order valence-electron chi connectivity index (χ1n) is 19.9. The van der Waals surface area contributed by atoms with Crippen molar-refractivity contribution in [3.05, 3.63) is 141 Å². The third-order valence-corrected chi connectivity index (χ3v) is 10.8. The Labute approximate surface area is 359 Å². The molecule has 0 saturated heterocycles. The van der Waals surface area contributed by atoms with Crippen molar-refractivity contribution in [1.29, 1.82) is 0 Å². The van der Waals surface area contributed by atoms with E-state index in [4.69, 9.17) is 37.7 Å². The van der Waals surface area contributed by atoms with Gasteiger partial charge in [-0.15, -0.1) is 0 Å². The van der Waals surface area contributed by atoms with Crippen LogP contribution in [0.25, 0.3) is 11.1 Å². The number of anilines is 2. The van der Waals surface area contributed by atoms with Gasteiger partial charge in [-0.25, -0.2) is 19.9 Å². The van der Waals surface area contributed by atoms with Crippen molar-refractivity contribution in [2.75, 3.05) is 17.7 Å². The van der Waals surface area contributed by atoms with Crippen molar-refractivity contribution in [3.8, 4) is 22.6 Å². The quantitative estimate of drug-likeness (QED) is 0.0805. The SMILES string of the molecule is CCCCCCC(c1ncccn1)n1c(C(C(=O)Nc2cc(NC(=O)C(CC)Oc3ccc(C)cc3C)ccc2OC)n2cnc(Cl)c2Cl)ncc(-c2ccccc2)c1=O. The Morgan fingerprint density at radius 2 is 1.58 bits per heavy atom. The summed E-state index contributed by atoms with van der Waals surface area (Å²) in [6.45, 7) is 7.91. The van der Waals surface area contributed by atoms with Crippen LogP contribution < -0.4 is 25.7 Å². The lowest BCUT2D eigenvalue weighted by Gasteiger charge is -2.27. The summed E-state index contributed by atoms with van der Waals surface area (Å²) in [6, 6.07) is 19.4. The molecule has 6 aromatic rings. The summed E-state index contributed by atoms with van der Waals surface area (Å²) in [5.74, 6) is 0.293. The second-order valence-corrected chi connectivity index (χ2v) is 15.1. The van der Waals surface area contributed by atoms with Crippen LogP contribution in [0.3, 0.4) is 0 Å². The number of nitrogens with one attached hydrogen (secondary N) is 2. The molecule has 0 aliphatic heterocycles. The number of imidazole rings is 1. The molecule has 3 atom stereocenters. The molecule has 3 aromatic carbocycles. The normalized spacial score (nSPS) is 12.7. The van der Waals surface area contributed by atoms with Crippen LogP contribution in [0.5, 0.6) is 11.5 Å². The molecule has 0 bridgehead atoms. The highest BCUT2D eigenvalue weighted by molar-refractivity contribution is 6.40. The maximum atomic E-state index is 15.0. The van der Waals surface area contributed by atoms with Gasteiger partial charge in [0.15, 0.2) is 23.1 Å². The number of nitrogens with zero attached hydrogens (tertiary/aromatic N) is 6. The number of aromatic nitrogens is 6. The molecule has 312 valence electrons. The summed E-state index contributed by atoms with van der Waals surface area (Å²) in [5, 5.41) is 5.76. The third kappa shape index (κ3) is 10.0. The van der Waals surface area contributed by atoms with Crippen LogP contribution >= 0.6 is 23.2 Å². The van der Waals surface area contributed by atoms with Crippen LogP contribution in [0, 0.1) is 13.8 Å². The zero-order valence-electron chi connectivity index (χ0n) is 34.2. The van der Waals surface area contributed by atoms with Crippen LogP contribution in [0.15, 0.2) is 103 Å². The van der Waals surface area contributed by atoms with E-state index in [1.807, 2.05) is 69.3 Å². The number of carbonyl (C=O) groups is 2. The van der Waals surface area contributed by atoms with E-state index in [0.29, 0.717) is 47.0 Å². The van der Waals surface area contributed by atoms with Crippen LogP contribution in [0.2, 0.25) is 10.3 Å². The Kier molecular flexibility index (Phi) is 14.7. The molecule has 3 heterocycles. The number of aryl methyl sites for hydroxylation is 2. The van der Waals surface area contributed by atoms with E-state index in [0.717, 1.165) is 36.8 Å². The summed E-state index contributed by atoms with van der Waals surface area (Å²) in [4.78, 5) is 61.7. The van der Waals surface area contributed by atoms with Crippen molar-refractivity contribution in [2.45, 2.75) is 84.4 Å². The fraction of sp³-hybridized carbons (Fsp3) is 0.311. The first kappa shape index (κ1) is 43.5. The fourth-order valence-corrected chi connectivity index (χ4v) is 7.34. The zero-order valence-corrected chi connectivity index (χ0v) is 35.7. The largest absolute Gasteiger partial charge is 0.495 e. The van der Waals surface area contributed by atoms with Gasteiger partial charge in [-0.2, -0.15) is 0 Å². The molecule has 3 unspecified atom stereocenters. The maximum Gasteiger partial charge on any atom is 0.265 e. The first-order chi connectivity index (χ1) is 29.0. The van der Waals surface area contributed by atoms with E-state index in [-0.39, 0.29) is 27.7 Å². The van der Waals surface area contributed by atoms with Gasteiger partial charge < -0.3 is 24.7 Å². The van der Waals surface area contributed by atoms with E-state index in [1.165, 1.54) is 28.8 Å². The van der Waals surface area contributed by atoms with E-state index in [2.05, 4.69) is 32.5 Å². The lowest BCUT2D eigenvalue weighted by atomic mass is 10.0. The molecule has 0 fully saturated rings. The minimum absolute atomic E-state index is 0.0406. The molecule has 6 rings (SSSR count). The topological polar surface area (TPSA) is 155 Å². The number of carbonyl (C=O) groups excluding carboxylic acids is 2. The number of ether oxygens (including phenoxy) is 2. The van der Waals surface area contributed by atoms with Crippen molar-refractivity contribution in [2.24, 2.45) is 0 Å². The van der Waals surface area contributed by atoms with E-state index < -0.39 is 29.7 Å². The fourth-order valence-electron chi connectivity index (χ4n) is 7.01. The highest BCUT2D eigenvalue weighted by atomic mass is 35.5. The summed E-state index contributed by atoms with van der Waals surface area (Å²) >= 11 is 13.2. The van der Waals surface area contributed by atoms with Gasteiger partial charge in [0.2, 0.25) is 0 Å². The zero-order chi connectivity index (χ0) is 42.8. The van der Waals surface area contributed by atoms with Gasteiger partial charge in [-0.1, -0.05) is 111 Å². The van der Waals surface area contributed by atoms with E-state index in [1.54, 1.807) is 36.7 Å². The summed E-state index contributed by atoms with van der Waals surface area (Å²) in [5.41, 5.74) is 3.14. The van der Waals surface area contributed by atoms with Gasteiger partial charge in [0.25, 0.3) is 17.4 Å². The predicted molar refractivity (Wildman–Crippen MR) is 234 cm³/mol. The molecule has 13 nitrogen and oxygen atoms in total. The van der Waals surface area contributed by atoms with E-state index in [9.17, 15) is 14.4 Å². The number of hydrogen-bond acceptors (Lipinski definition) is 9. The molecule has 0 aliphatic rings. The molecule has 0 spiro atoms. The molecular formula is C45H48Cl2N8O5. The van der Waals surface area contributed by atoms with Crippen LogP contribution in [-0.4, -0.2) is 54.1 Å². The Bertz CT molecular complexity index is 2480. The van der Waals surface area contributed by atoms with Gasteiger partial charge in [-0.05, 0) is 68.1 Å². The molecule has 3 aromatic heterocycles. The number of hydrogen-bond donors (Lipinski definition) is 2. The number of methoxy groups -OCH3 is 1. The Balaban J connectivity index is 1.43. The number of benzene rings is 3. The lowest BCUT2D eigenvalue weighted by Crippen LogP contribution is -2.38. The Hall–Kier alpha value is -6.05. The monoisotopic (exact) mass is 850 g/mol. The second-order valence-electron chi connectivity index (χ2n) is 14.4. The molecule has 2 N–H and O–H groups in total. The summed E-state index contributed by atoms with van der Waals surface area (Å²) in [6.07, 6.45) is 9.77. The van der Waals surface area contributed by atoms with Crippen LogP contribution in [0.4, 0.5) is 11.4 Å². The molecule has 15 heteroatoms. The highest BCUT2D eigenvalue weighted by Gasteiger charge is 2.35. The number of halogens is 2. The predicted octanol–water partition coefficient (Wildman–Crippen LogP) is 9.41. The highest BCUT2D eigenvalue weighted by Crippen LogP contribution is 2.34. The molecule has 60 heavy (non-hydrogen) atoms. The third-order valence-electron chi connectivity index (χ3n) is 10.1. The number of amides is 2. The van der Waals surface area contributed by atoms with Crippen LogP contribution in [0.1, 0.15) is 87.2 Å². The van der Waals surface area contributed by atoms with Crippen molar-refractivity contribution < 1.29 is 19.1 Å². The van der Waals surface area contributed by atoms with Gasteiger partial charge in [0.05, 0.1) is 30.7 Å². The van der Waals surface area contributed by atoms with Gasteiger partial charge >= 0.3 is 0 Å². The van der Waals surface area contributed by atoms with Gasteiger partial charge in [0.1, 0.15) is 22.5 Å². The number of rotatable bonds is 18. The van der Waals surface area contributed by atoms with E-state index >= 15 is 0 Å². The van der Waals surface area contributed by atoms with Crippen LogP contribution in [-0.2, 0) is 9.59 Å². The van der Waals surface area contributed by atoms with Crippen molar-refractivity contribution in [1.82, 2.24) is 29.1 Å². The van der Waals surface area contributed by atoms with Crippen molar-refractivity contribution >= 4 is 46.4 Å². The first-order valence-corrected chi connectivity index (χ1v) is 20.6. The van der Waals surface area contributed by atoms with Crippen molar-refractivity contribution in [3.63, 3.8) is 0 Å². The molecule has 0 aliphatic carbocycles. The summed E-state index contributed by atoms with van der Waals surface area (Å²) < 4.78 is 14.6. The number of unbranched alkanes of at least 4 members (excludes halogenated alkanes) is 3. The molecule has 0 saturated carbocycles. The molecular weight excluding hydrogens is 803 g/mol. The minimum atomic E-state index is -1.41. The van der Waals surface area contributed by atoms with Gasteiger partial charge in [0, 0.05) is 24.3 Å². The second kappa shape index (κ2) is 20.3. The minimum Gasteiger partial charge on any atom is -0.495 e. The van der Waals surface area contributed by atoms with Gasteiger partial charge in [-0.3, -0.25) is 19.0 Å². The average molecular weight is 852 g/mol. The average Bonchev–Trinajstić information content (AvgIpc) is 3.58.